The van der Waals surface area contributed by atoms with Crippen LogP contribution in [0, 0.1) is 0 Å². The van der Waals surface area contributed by atoms with Crippen molar-refractivity contribution in [2.75, 3.05) is 7.05 Å². The molecule has 0 fully saturated rings. The van der Waals surface area contributed by atoms with Crippen molar-refractivity contribution in [3.8, 4) is 0 Å². The number of aromatic nitrogens is 3. The zero-order chi connectivity index (χ0) is 14.4. The van der Waals surface area contributed by atoms with Gasteiger partial charge in [-0.25, -0.2) is 9.48 Å². The van der Waals surface area contributed by atoms with E-state index in [0.29, 0.717) is 12.6 Å². The Morgan fingerprint density at radius 3 is 2.63 bits per heavy atom. The molecule has 3 amide bonds. The highest BCUT2D eigenvalue weighted by atomic mass is 16.2. The minimum atomic E-state index is -0.599. The highest BCUT2D eigenvalue weighted by molar-refractivity contribution is 5.95. The molecule has 106 valence electrons. The Kier molecular flexibility index (Phi) is 5.43. The number of carbonyl (C=O) groups excluding carboxylic acids is 2. The van der Waals surface area contributed by atoms with Gasteiger partial charge in [0.15, 0.2) is 0 Å². The quantitative estimate of drug-likeness (QED) is 0.686. The maximum Gasteiger partial charge on any atom is 0.321 e. The number of rotatable bonds is 5. The molecular weight excluding hydrogens is 248 g/mol. The molecule has 0 aliphatic carbocycles. The lowest BCUT2D eigenvalue weighted by Gasteiger charge is -2.10. The van der Waals surface area contributed by atoms with Gasteiger partial charge in [-0.15, -0.1) is 5.10 Å². The maximum absolute atomic E-state index is 11.7. The molecule has 0 aliphatic rings. The van der Waals surface area contributed by atoms with Crippen LogP contribution >= 0.6 is 0 Å². The van der Waals surface area contributed by atoms with Gasteiger partial charge >= 0.3 is 6.03 Å². The molecule has 1 aromatic heterocycles. The van der Waals surface area contributed by atoms with Crippen LogP contribution in [0.4, 0.5) is 4.79 Å². The summed E-state index contributed by atoms with van der Waals surface area (Å²) in [5.74, 6) is -0.437. The van der Waals surface area contributed by atoms with Crippen molar-refractivity contribution in [1.82, 2.24) is 30.9 Å². The largest absolute Gasteiger partial charge is 0.341 e. The summed E-state index contributed by atoms with van der Waals surface area (Å²) in [6.45, 7) is 6.29. The predicted molar refractivity (Wildman–Crippen MR) is 69.3 cm³/mol. The summed E-state index contributed by atoms with van der Waals surface area (Å²) in [7, 11) is 1.44. The molecule has 1 atom stereocenters. The van der Waals surface area contributed by atoms with Crippen LogP contribution in [0.25, 0.3) is 0 Å². The summed E-state index contributed by atoms with van der Waals surface area (Å²) in [5.41, 5.74) is 0.744. The first-order chi connectivity index (χ1) is 8.93. The molecule has 0 spiro atoms. The molecule has 0 aliphatic heterocycles. The van der Waals surface area contributed by atoms with E-state index in [1.54, 1.807) is 13.1 Å². The molecule has 8 nitrogen and oxygen atoms in total. The van der Waals surface area contributed by atoms with Crippen molar-refractivity contribution in [2.24, 2.45) is 0 Å². The molecule has 0 aromatic carbocycles. The number of nitrogens with one attached hydrogen (secondary N) is 3. The minimum Gasteiger partial charge on any atom is -0.341 e. The minimum absolute atomic E-state index is 0.346. The second-order valence-electron chi connectivity index (χ2n) is 4.47. The van der Waals surface area contributed by atoms with Gasteiger partial charge in [-0.2, -0.15) is 0 Å². The van der Waals surface area contributed by atoms with Crippen molar-refractivity contribution in [1.29, 1.82) is 0 Å². The highest BCUT2D eigenvalue weighted by Gasteiger charge is 2.18. The van der Waals surface area contributed by atoms with Gasteiger partial charge in [-0.05, 0) is 6.92 Å². The van der Waals surface area contributed by atoms with E-state index in [0.717, 1.165) is 5.69 Å². The molecular formula is C11H20N6O2. The Balaban J connectivity index is 2.59. The van der Waals surface area contributed by atoms with Gasteiger partial charge in [0, 0.05) is 19.6 Å². The number of hydrogen-bond acceptors (Lipinski definition) is 5. The monoisotopic (exact) mass is 268 g/mol. The molecule has 0 saturated heterocycles. The first-order valence-electron chi connectivity index (χ1n) is 6.10. The first-order valence-corrected chi connectivity index (χ1v) is 6.10. The maximum atomic E-state index is 11.7. The van der Waals surface area contributed by atoms with Crippen molar-refractivity contribution in [3.63, 3.8) is 0 Å². The third kappa shape index (κ3) is 4.66. The van der Waals surface area contributed by atoms with Gasteiger partial charge in [0.2, 0.25) is 0 Å². The lowest BCUT2D eigenvalue weighted by molar-refractivity contribution is -0.123. The van der Waals surface area contributed by atoms with Crippen molar-refractivity contribution in [3.05, 3.63) is 11.9 Å². The van der Waals surface area contributed by atoms with Gasteiger partial charge in [0.25, 0.3) is 5.91 Å². The van der Waals surface area contributed by atoms with E-state index < -0.39 is 18.0 Å². The molecule has 0 bridgehead atoms. The molecule has 0 saturated carbocycles. The Bertz CT molecular complexity index is 442. The second kappa shape index (κ2) is 6.83. The smallest absolute Gasteiger partial charge is 0.321 e. The van der Waals surface area contributed by atoms with E-state index in [1.807, 2.05) is 13.8 Å². The van der Waals surface area contributed by atoms with E-state index in [1.165, 1.54) is 11.7 Å². The van der Waals surface area contributed by atoms with E-state index >= 15 is 0 Å². The second-order valence-corrected chi connectivity index (χ2v) is 4.47. The summed E-state index contributed by atoms with van der Waals surface area (Å²) >= 11 is 0. The summed E-state index contributed by atoms with van der Waals surface area (Å²) in [6, 6.07) is -0.796. The van der Waals surface area contributed by atoms with Crippen LogP contribution in [-0.4, -0.2) is 40.0 Å². The van der Waals surface area contributed by atoms with Crippen LogP contribution in [0.5, 0.6) is 0 Å². The molecule has 1 heterocycles. The number of imide groups is 1. The van der Waals surface area contributed by atoms with Gasteiger partial charge in [0.1, 0.15) is 6.04 Å². The fourth-order valence-electron chi connectivity index (χ4n) is 1.29. The molecule has 8 heteroatoms. The number of nitrogens with zero attached hydrogens (tertiary/aromatic N) is 3. The Labute approximate surface area is 111 Å². The van der Waals surface area contributed by atoms with E-state index in [4.69, 9.17) is 0 Å². The molecule has 1 unspecified atom stereocenters. The van der Waals surface area contributed by atoms with Crippen LogP contribution < -0.4 is 16.0 Å². The average Bonchev–Trinajstić information content (AvgIpc) is 2.83. The average molecular weight is 268 g/mol. The predicted octanol–water partition coefficient (Wildman–Crippen LogP) is -0.207. The SMILES string of the molecule is CNC(=O)NC(=O)C(C)n1cc(CNC(C)C)nn1. The molecule has 1 rings (SSSR count). The van der Waals surface area contributed by atoms with Gasteiger partial charge in [-0.1, -0.05) is 19.1 Å². The summed E-state index contributed by atoms with van der Waals surface area (Å²) < 4.78 is 1.43. The van der Waals surface area contributed by atoms with Crippen LogP contribution in [-0.2, 0) is 11.3 Å². The summed E-state index contributed by atoms with van der Waals surface area (Å²) in [6.07, 6.45) is 1.68. The van der Waals surface area contributed by atoms with Gasteiger partial charge in [0.05, 0.1) is 11.9 Å². The third-order valence-corrected chi connectivity index (χ3v) is 2.49. The van der Waals surface area contributed by atoms with Crippen LogP contribution in [0.3, 0.4) is 0 Å². The lowest BCUT2D eigenvalue weighted by atomic mass is 10.3. The summed E-state index contributed by atoms with van der Waals surface area (Å²) in [5, 5.41) is 15.6. The van der Waals surface area contributed by atoms with E-state index in [9.17, 15) is 9.59 Å². The van der Waals surface area contributed by atoms with Crippen molar-refractivity contribution in [2.45, 2.75) is 39.4 Å². The van der Waals surface area contributed by atoms with E-state index in [2.05, 4.69) is 26.3 Å². The molecule has 19 heavy (non-hydrogen) atoms. The zero-order valence-electron chi connectivity index (χ0n) is 11.6. The lowest BCUT2D eigenvalue weighted by Crippen LogP contribution is -2.40. The first kappa shape index (κ1) is 15.1. The highest BCUT2D eigenvalue weighted by Crippen LogP contribution is 2.04. The normalized spacial score (nSPS) is 12.3. The molecule has 1 aromatic rings. The Morgan fingerprint density at radius 1 is 1.37 bits per heavy atom. The Morgan fingerprint density at radius 2 is 2.05 bits per heavy atom. The van der Waals surface area contributed by atoms with E-state index in [-0.39, 0.29) is 0 Å². The van der Waals surface area contributed by atoms with Crippen molar-refractivity contribution < 1.29 is 9.59 Å². The fraction of sp³-hybridized carbons (Fsp3) is 0.636. The number of carbonyl (C=O) groups is 2. The van der Waals surface area contributed by atoms with Gasteiger partial charge in [-0.3, -0.25) is 10.1 Å². The zero-order valence-corrected chi connectivity index (χ0v) is 11.6. The van der Waals surface area contributed by atoms with Crippen LogP contribution in [0.15, 0.2) is 6.20 Å². The number of amides is 3. The third-order valence-electron chi connectivity index (χ3n) is 2.49. The molecule has 3 N–H and O–H groups in total. The molecule has 0 radical (unpaired) electrons. The summed E-state index contributed by atoms with van der Waals surface area (Å²) in [4.78, 5) is 22.8. The van der Waals surface area contributed by atoms with Gasteiger partial charge < -0.3 is 10.6 Å². The van der Waals surface area contributed by atoms with Crippen LogP contribution in [0.2, 0.25) is 0 Å². The fourth-order valence-corrected chi connectivity index (χ4v) is 1.29. The standard InChI is InChI=1S/C11H20N6O2/c1-7(2)13-5-9-6-17(16-15-9)8(3)10(18)14-11(19)12-4/h6-8,13H,5H2,1-4H3,(H2,12,14,18,19). The Hall–Kier alpha value is -1.96. The number of urea groups is 1. The number of hydrogen-bond donors (Lipinski definition) is 3. The topological polar surface area (TPSA) is 101 Å². The van der Waals surface area contributed by atoms with Crippen LogP contribution in [0.1, 0.15) is 32.5 Å². The van der Waals surface area contributed by atoms with Crippen molar-refractivity contribution >= 4 is 11.9 Å².